The Labute approximate surface area is 257 Å². The minimum atomic E-state index is -3.81. The smallest absolute Gasteiger partial charge is 0.408 e. The molecular formula is C35H34N4O4S. The first-order valence-corrected chi connectivity index (χ1v) is 16.3. The number of fused-ring (bicyclic) bond motifs is 1. The lowest BCUT2D eigenvalue weighted by molar-refractivity contribution is -0.0328. The van der Waals surface area contributed by atoms with E-state index in [1.54, 1.807) is 29.2 Å². The SMILES string of the molecule is CC(C)(C)N(C(=O)O)C1(c2ccc(-c3nc4nc(S(=O)(=O)Cc5ccccc5)ncc4cc3-c3ccccc3)cc2)CCC1. The van der Waals surface area contributed by atoms with Crippen molar-refractivity contribution in [2.45, 2.75) is 62.0 Å². The third kappa shape index (κ3) is 5.43. The van der Waals surface area contributed by atoms with Crippen LogP contribution in [0.1, 0.15) is 51.2 Å². The number of hydrogen-bond donors (Lipinski definition) is 1. The Morgan fingerprint density at radius 3 is 2.09 bits per heavy atom. The molecule has 6 rings (SSSR count). The van der Waals surface area contributed by atoms with Crippen LogP contribution in [0.25, 0.3) is 33.4 Å². The van der Waals surface area contributed by atoms with Gasteiger partial charge in [-0.3, -0.25) is 4.90 Å². The highest BCUT2D eigenvalue weighted by atomic mass is 32.2. The average Bonchev–Trinajstić information content (AvgIpc) is 2.98. The lowest BCUT2D eigenvalue weighted by Gasteiger charge is -2.54. The molecule has 2 aromatic heterocycles. The van der Waals surface area contributed by atoms with Gasteiger partial charge in [0, 0.05) is 28.2 Å². The number of pyridine rings is 1. The highest BCUT2D eigenvalue weighted by Gasteiger charge is 2.50. The second kappa shape index (κ2) is 11.1. The minimum absolute atomic E-state index is 0.209. The van der Waals surface area contributed by atoms with E-state index in [1.165, 1.54) is 6.20 Å². The molecule has 2 heterocycles. The summed E-state index contributed by atoms with van der Waals surface area (Å²) in [5, 5.41) is 10.5. The van der Waals surface area contributed by atoms with Crippen molar-refractivity contribution < 1.29 is 18.3 Å². The van der Waals surface area contributed by atoms with Crippen LogP contribution in [0.4, 0.5) is 4.79 Å². The van der Waals surface area contributed by atoms with Crippen LogP contribution in [-0.2, 0) is 21.1 Å². The number of amides is 1. The number of rotatable bonds is 7. The van der Waals surface area contributed by atoms with E-state index in [0.29, 0.717) is 16.6 Å². The lowest BCUT2D eigenvalue weighted by atomic mass is 9.69. The molecule has 9 heteroatoms. The van der Waals surface area contributed by atoms with Crippen LogP contribution < -0.4 is 0 Å². The first kappa shape index (κ1) is 29.4. The summed E-state index contributed by atoms with van der Waals surface area (Å²) in [7, 11) is -3.81. The fourth-order valence-corrected chi connectivity index (χ4v) is 7.42. The van der Waals surface area contributed by atoms with Crippen molar-refractivity contribution >= 4 is 27.0 Å². The maximum atomic E-state index is 13.2. The molecule has 3 aromatic carbocycles. The second-order valence-electron chi connectivity index (χ2n) is 12.3. The van der Waals surface area contributed by atoms with Crippen LogP contribution in [0.15, 0.2) is 102 Å². The largest absolute Gasteiger partial charge is 0.465 e. The van der Waals surface area contributed by atoms with Crippen LogP contribution >= 0.6 is 0 Å². The van der Waals surface area contributed by atoms with Gasteiger partial charge >= 0.3 is 6.09 Å². The summed E-state index contributed by atoms with van der Waals surface area (Å²) >= 11 is 0. The third-order valence-electron chi connectivity index (χ3n) is 8.28. The number of hydrogen-bond acceptors (Lipinski definition) is 6. The van der Waals surface area contributed by atoms with E-state index in [2.05, 4.69) is 9.97 Å². The van der Waals surface area contributed by atoms with Gasteiger partial charge in [0.25, 0.3) is 0 Å². The highest BCUT2D eigenvalue weighted by molar-refractivity contribution is 7.90. The van der Waals surface area contributed by atoms with Gasteiger partial charge in [-0.2, -0.15) is 4.98 Å². The van der Waals surface area contributed by atoms with E-state index in [9.17, 15) is 18.3 Å². The van der Waals surface area contributed by atoms with E-state index in [1.807, 2.05) is 87.5 Å². The molecule has 0 atom stereocenters. The molecule has 1 saturated carbocycles. The van der Waals surface area contributed by atoms with Crippen LogP contribution in [0, 0.1) is 0 Å². The van der Waals surface area contributed by atoms with E-state index in [0.717, 1.165) is 41.5 Å². The highest BCUT2D eigenvalue weighted by Crippen LogP contribution is 2.49. The molecule has 0 bridgehead atoms. The van der Waals surface area contributed by atoms with Gasteiger partial charge in [0.15, 0.2) is 5.65 Å². The number of benzene rings is 3. The summed E-state index contributed by atoms with van der Waals surface area (Å²) in [5.74, 6) is -0.209. The zero-order valence-electron chi connectivity index (χ0n) is 24.9. The van der Waals surface area contributed by atoms with Gasteiger partial charge < -0.3 is 5.11 Å². The molecule has 0 unspecified atom stereocenters. The van der Waals surface area contributed by atoms with E-state index in [-0.39, 0.29) is 16.6 Å². The first-order valence-electron chi connectivity index (χ1n) is 14.6. The average molecular weight is 607 g/mol. The fourth-order valence-electron chi connectivity index (χ4n) is 6.22. The molecule has 5 aromatic rings. The van der Waals surface area contributed by atoms with Crippen molar-refractivity contribution in [2.75, 3.05) is 0 Å². The molecule has 8 nitrogen and oxygen atoms in total. The molecule has 1 fully saturated rings. The van der Waals surface area contributed by atoms with Gasteiger partial charge in [0.1, 0.15) is 0 Å². The molecule has 0 aliphatic heterocycles. The van der Waals surface area contributed by atoms with Crippen molar-refractivity contribution in [1.29, 1.82) is 0 Å². The molecule has 1 aliphatic carbocycles. The van der Waals surface area contributed by atoms with Gasteiger partial charge in [-0.1, -0.05) is 84.9 Å². The van der Waals surface area contributed by atoms with Gasteiger partial charge in [-0.15, -0.1) is 0 Å². The van der Waals surface area contributed by atoms with Gasteiger partial charge in [0.05, 0.1) is 17.0 Å². The van der Waals surface area contributed by atoms with Crippen molar-refractivity contribution in [1.82, 2.24) is 19.9 Å². The molecule has 1 N–H and O–H groups in total. The topological polar surface area (TPSA) is 113 Å². The standard InChI is InChI=1S/C35H34N4O4S/c1-34(2,3)39(33(40)41)35(19-10-20-35)28-17-15-26(16-18-28)30-29(25-13-8-5-9-14-25)21-27-22-36-32(38-31(27)37-30)44(42,43)23-24-11-6-4-7-12-24/h4-9,11-18,21-22H,10,19-20,23H2,1-3H3,(H,40,41). The molecule has 1 amide bonds. The summed E-state index contributed by atoms with van der Waals surface area (Å²) < 4.78 is 26.5. The monoisotopic (exact) mass is 606 g/mol. The number of carboxylic acid groups (broad SMARTS) is 1. The molecule has 224 valence electrons. The Hall–Kier alpha value is -4.63. The number of nitrogens with zero attached hydrogens (tertiary/aromatic N) is 4. The number of aromatic nitrogens is 3. The van der Waals surface area contributed by atoms with Gasteiger partial charge in [-0.05, 0) is 62.8 Å². The quantitative estimate of drug-likeness (QED) is 0.191. The Balaban J connectivity index is 1.45. The van der Waals surface area contributed by atoms with Crippen LogP contribution in [0.2, 0.25) is 0 Å². The summed E-state index contributed by atoms with van der Waals surface area (Å²) in [6.45, 7) is 5.78. The zero-order valence-corrected chi connectivity index (χ0v) is 25.8. The molecule has 44 heavy (non-hydrogen) atoms. The summed E-state index contributed by atoms with van der Waals surface area (Å²) in [6.07, 6.45) is 3.07. The molecule has 0 spiro atoms. The third-order valence-corrected chi connectivity index (χ3v) is 9.74. The number of carbonyl (C=O) groups is 1. The van der Waals surface area contributed by atoms with E-state index < -0.39 is 27.0 Å². The summed E-state index contributed by atoms with van der Waals surface area (Å²) in [4.78, 5) is 27.6. The fraction of sp³-hybridized carbons (Fsp3) is 0.257. The molecule has 1 aliphatic rings. The summed E-state index contributed by atoms with van der Waals surface area (Å²) in [5.41, 5.74) is 4.00. The van der Waals surface area contributed by atoms with Crippen LogP contribution in [0.3, 0.4) is 0 Å². The zero-order chi connectivity index (χ0) is 31.1. The summed E-state index contributed by atoms with van der Waals surface area (Å²) in [6, 6.07) is 28.7. The van der Waals surface area contributed by atoms with Crippen molar-refractivity contribution in [3.8, 4) is 22.4 Å². The Morgan fingerprint density at radius 1 is 0.886 bits per heavy atom. The Bertz CT molecular complexity index is 1940. The Kier molecular flexibility index (Phi) is 7.45. The number of sulfone groups is 1. The predicted octanol–water partition coefficient (Wildman–Crippen LogP) is 7.49. The molecular weight excluding hydrogens is 572 g/mol. The van der Waals surface area contributed by atoms with Gasteiger partial charge in [-0.25, -0.2) is 23.2 Å². The van der Waals surface area contributed by atoms with Crippen molar-refractivity contribution in [2.24, 2.45) is 0 Å². The Morgan fingerprint density at radius 2 is 1.52 bits per heavy atom. The maximum absolute atomic E-state index is 13.2. The van der Waals surface area contributed by atoms with E-state index >= 15 is 0 Å². The molecule has 0 saturated heterocycles. The minimum Gasteiger partial charge on any atom is -0.465 e. The normalized spacial score (nSPS) is 14.6. The predicted molar refractivity (Wildman–Crippen MR) is 171 cm³/mol. The second-order valence-corrected chi connectivity index (χ2v) is 14.2. The van der Waals surface area contributed by atoms with Crippen molar-refractivity contribution in [3.63, 3.8) is 0 Å². The van der Waals surface area contributed by atoms with Gasteiger partial charge in [0.2, 0.25) is 15.0 Å². The van der Waals surface area contributed by atoms with Crippen molar-refractivity contribution in [3.05, 3.63) is 108 Å². The van der Waals surface area contributed by atoms with E-state index in [4.69, 9.17) is 4.98 Å². The van der Waals surface area contributed by atoms with Crippen LogP contribution in [-0.4, -0.2) is 45.0 Å². The first-order chi connectivity index (χ1) is 21.0. The lowest BCUT2D eigenvalue weighted by Crippen LogP contribution is -2.60. The maximum Gasteiger partial charge on any atom is 0.408 e. The molecule has 0 radical (unpaired) electrons. The van der Waals surface area contributed by atoms with Crippen LogP contribution in [0.5, 0.6) is 0 Å².